The summed E-state index contributed by atoms with van der Waals surface area (Å²) in [6.07, 6.45) is 3.68. The molecule has 2 aromatic heterocycles. The molecule has 2 unspecified atom stereocenters. The fourth-order valence-electron chi connectivity index (χ4n) is 4.67. The number of pyridine rings is 1. The third kappa shape index (κ3) is 4.42. The van der Waals surface area contributed by atoms with Crippen molar-refractivity contribution in [3.63, 3.8) is 0 Å². The van der Waals surface area contributed by atoms with Crippen molar-refractivity contribution in [3.05, 3.63) is 47.4 Å². The predicted octanol–water partition coefficient (Wildman–Crippen LogP) is 4.61. The van der Waals surface area contributed by atoms with E-state index in [1.165, 1.54) is 12.1 Å². The summed E-state index contributed by atoms with van der Waals surface area (Å²) in [5.41, 5.74) is 1.02. The molecule has 174 valence electrons. The Bertz CT molecular complexity index is 1310. The minimum atomic E-state index is -3.06. The van der Waals surface area contributed by atoms with Gasteiger partial charge in [-0.3, -0.25) is 0 Å². The van der Waals surface area contributed by atoms with Crippen molar-refractivity contribution in [2.24, 2.45) is 11.8 Å². The molecule has 2 fully saturated rings. The van der Waals surface area contributed by atoms with E-state index < -0.39 is 25.2 Å². The first-order valence-corrected chi connectivity index (χ1v) is 11.0. The maximum atomic E-state index is 13.6. The van der Waals surface area contributed by atoms with E-state index in [1.54, 1.807) is 13.3 Å². The van der Waals surface area contributed by atoms with Crippen molar-refractivity contribution >= 4 is 23.2 Å². The molecule has 3 aromatic rings. The fourth-order valence-corrected chi connectivity index (χ4v) is 4.84. The van der Waals surface area contributed by atoms with Crippen LogP contribution in [0, 0.1) is 17.7 Å². The normalized spacial score (nSPS) is 24.9. The maximum absolute atomic E-state index is 13.6. The minimum absolute atomic E-state index is 0.00224. The van der Waals surface area contributed by atoms with Gasteiger partial charge in [-0.05, 0) is 49.7 Å². The standard InChI is InChI=1S/C23H26ClFN6O2/c1-3-31-23(33-17-6-7-19(25)18(24)11-17)28-22(29-31)27-21-14-4-5-15(21)13-30(12-14)16-8-9-26-20(10-16)32-2/h6-11,14-15,21H,3-5,12-13H2,1-2H3,(H,27,29)/i1D3,3D2. The van der Waals surface area contributed by atoms with Crippen LogP contribution in [0.1, 0.15) is 26.5 Å². The van der Waals surface area contributed by atoms with Crippen LogP contribution in [0.2, 0.25) is 5.02 Å². The number of piperidine rings is 1. The Morgan fingerprint density at radius 1 is 1.27 bits per heavy atom. The molecule has 0 amide bonds. The molecule has 1 aliphatic heterocycles. The Labute approximate surface area is 203 Å². The first-order valence-electron chi connectivity index (χ1n) is 13.1. The number of nitrogens with zero attached hydrogens (tertiary/aromatic N) is 5. The largest absolute Gasteiger partial charge is 0.481 e. The quantitative estimate of drug-likeness (QED) is 0.532. The number of hydrogen-bond donors (Lipinski definition) is 1. The molecule has 1 saturated heterocycles. The average molecular weight is 478 g/mol. The Balaban J connectivity index is 1.39. The third-order valence-electron chi connectivity index (χ3n) is 6.21. The molecule has 1 aliphatic carbocycles. The highest BCUT2D eigenvalue weighted by atomic mass is 35.5. The number of ether oxygens (including phenoxy) is 2. The number of halogens is 2. The zero-order chi connectivity index (χ0) is 27.2. The molecule has 1 saturated carbocycles. The summed E-state index contributed by atoms with van der Waals surface area (Å²) in [7, 11) is 1.58. The summed E-state index contributed by atoms with van der Waals surface area (Å²) in [6, 6.07) is 7.00. The molecule has 8 nitrogen and oxygen atoms in total. The van der Waals surface area contributed by atoms with Crippen LogP contribution in [0.3, 0.4) is 0 Å². The summed E-state index contributed by atoms with van der Waals surface area (Å²) >= 11 is 5.84. The number of methoxy groups -OCH3 is 1. The van der Waals surface area contributed by atoms with Gasteiger partial charge in [-0.15, -0.1) is 5.10 Å². The Hall–Kier alpha value is -3.07. The van der Waals surface area contributed by atoms with Gasteiger partial charge in [0.1, 0.15) is 11.6 Å². The van der Waals surface area contributed by atoms with Crippen LogP contribution in [-0.2, 0) is 6.50 Å². The molecule has 2 aliphatic rings. The molecule has 2 atom stereocenters. The molecule has 0 radical (unpaired) electrons. The van der Waals surface area contributed by atoms with Gasteiger partial charge in [0, 0.05) is 53.8 Å². The number of benzene rings is 1. The van der Waals surface area contributed by atoms with Crippen molar-refractivity contribution in [1.82, 2.24) is 19.7 Å². The van der Waals surface area contributed by atoms with Gasteiger partial charge in [-0.25, -0.2) is 14.1 Å². The minimum Gasteiger partial charge on any atom is -0.481 e. The smallest absolute Gasteiger partial charge is 0.322 e. The van der Waals surface area contributed by atoms with Crippen LogP contribution in [0.15, 0.2) is 36.5 Å². The van der Waals surface area contributed by atoms with Crippen LogP contribution in [-0.4, -0.2) is 46.0 Å². The van der Waals surface area contributed by atoms with Crippen LogP contribution in [0.25, 0.3) is 0 Å². The highest BCUT2D eigenvalue weighted by molar-refractivity contribution is 6.30. The van der Waals surface area contributed by atoms with Crippen molar-refractivity contribution in [3.8, 4) is 17.6 Å². The van der Waals surface area contributed by atoms with E-state index in [-0.39, 0.29) is 34.6 Å². The van der Waals surface area contributed by atoms with Gasteiger partial charge < -0.3 is 19.7 Å². The highest BCUT2D eigenvalue weighted by Gasteiger charge is 2.42. The van der Waals surface area contributed by atoms with Crippen molar-refractivity contribution in [2.45, 2.75) is 32.2 Å². The van der Waals surface area contributed by atoms with E-state index in [0.717, 1.165) is 37.7 Å². The second kappa shape index (κ2) is 9.05. The van der Waals surface area contributed by atoms with Gasteiger partial charge in [0.25, 0.3) is 0 Å². The second-order valence-corrected chi connectivity index (χ2v) is 8.56. The molecule has 1 aromatic carbocycles. The lowest BCUT2D eigenvalue weighted by Gasteiger charge is -2.39. The number of nitrogens with one attached hydrogen (secondary N) is 1. The third-order valence-corrected chi connectivity index (χ3v) is 6.50. The first kappa shape index (κ1) is 16.5. The molecule has 3 heterocycles. The molecule has 1 N–H and O–H groups in total. The Kier molecular flexibility index (Phi) is 4.53. The lowest BCUT2D eigenvalue weighted by atomic mass is 9.92. The highest BCUT2D eigenvalue weighted by Crippen LogP contribution is 2.40. The van der Waals surface area contributed by atoms with Crippen molar-refractivity contribution < 1.29 is 20.7 Å². The SMILES string of the molecule is [2H]C([2H])([2H])C([2H])([2H])n1nc(NC2C3CCC2CN(c2ccnc(OC)c2)C3)nc1Oc1ccc(F)c(Cl)c1. The molecule has 33 heavy (non-hydrogen) atoms. The number of aromatic nitrogens is 4. The molecule has 5 rings (SSSR count). The molecular weight excluding hydrogens is 447 g/mol. The molecular formula is C23H26ClFN6O2. The summed E-state index contributed by atoms with van der Waals surface area (Å²) in [6.45, 7) is -4.44. The maximum Gasteiger partial charge on any atom is 0.322 e. The summed E-state index contributed by atoms with van der Waals surface area (Å²) < 4.78 is 64.6. The van der Waals surface area contributed by atoms with Crippen LogP contribution in [0.5, 0.6) is 17.6 Å². The topological polar surface area (TPSA) is 77.3 Å². The van der Waals surface area contributed by atoms with Gasteiger partial charge in [0.15, 0.2) is 0 Å². The van der Waals surface area contributed by atoms with Gasteiger partial charge in [0.2, 0.25) is 11.8 Å². The summed E-state index contributed by atoms with van der Waals surface area (Å²) in [5, 5.41) is 7.26. The lowest BCUT2D eigenvalue weighted by Crippen LogP contribution is -2.48. The molecule has 0 spiro atoms. The number of fused-ring (bicyclic) bond motifs is 2. The van der Waals surface area contributed by atoms with E-state index in [9.17, 15) is 4.39 Å². The van der Waals surface area contributed by atoms with Gasteiger partial charge in [-0.1, -0.05) is 11.6 Å². The number of anilines is 2. The Morgan fingerprint density at radius 3 is 2.82 bits per heavy atom. The number of aryl methyl sites for hydroxylation is 1. The zero-order valence-corrected chi connectivity index (χ0v) is 18.6. The number of rotatable bonds is 7. The second-order valence-electron chi connectivity index (χ2n) is 8.15. The van der Waals surface area contributed by atoms with Crippen LogP contribution in [0.4, 0.5) is 16.0 Å². The summed E-state index contributed by atoms with van der Waals surface area (Å²) in [5.74, 6) is 0.483. The molecule has 2 bridgehead atoms. The van der Waals surface area contributed by atoms with Gasteiger partial charge >= 0.3 is 6.01 Å². The average Bonchev–Trinajstić information content (AvgIpc) is 3.36. The van der Waals surface area contributed by atoms with Crippen molar-refractivity contribution in [2.75, 3.05) is 30.4 Å². The van der Waals surface area contributed by atoms with E-state index in [4.69, 9.17) is 27.9 Å². The lowest BCUT2D eigenvalue weighted by molar-refractivity contribution is 0.374. The number of hydrogen-bond acceptors (Lipinski definition) is 7. The zero-order valence-electron chi connectivity index (χ0n) is 22.8. The van der Waals surface area contributed by atoms with E-state index in [1.807, 2.05) is 12.1 Å². The van der Waals surface area contributed by atoms with Crippen LogP contribution >= 0.6 is 11.6 Å². The van der Waals surface area contributed by atoms with Crippen molar-refractivity contribution in [1.29, 1.82) is 0 Å². The predicted molar refractivity (Wildman–Crippen MR) is 124 cm³/mol. The first-order chi connectivity index (χ1) is 18.0. The fraction of sp³-hybridized carbons (Fsp3) is 0.435. The van der Waals surface area contributed by atoms with E-state index in [2.05, 4.69) is 25.3 Å². The molecule has 10 heteroatoms. The van der Waals surface area contributed by atoms with Gasteiger partial charge in [-0.2, -0.15) is 4.98 Å². The summed E-state index contributed by atoms with van der Waals surface area (Å²) in [4.78, 5) is 10.7. The van der Waals surface area contributed by atoms with Gasteiger partial charge in [0.05, 0.1) is 14.9 Å². The monoisotopic (exact) mass is 477 g/mol. The van der Waals surface area contributed by atoms with E-state index in [0.29, 0.717) is 10.6 Å². The Morgan fingerprint density at radius 2 is 2.09 bits per heavy atom. The van der Waals surface area contributed by atoms with E-state index >= 15 is 0 Å². The van der Waals surface area contributed by atoms with Crippen LogP contribution < -0.4 is 19.7 Å².